The molecule has 43 heavy (non-hydrogen) atoms. The van der Waals surface area contributed by atoms with Crippen LogP contribution in [0.1, 0.15) is 39.1 Å². The van der Waals surface area contributed by atoms with Crippen molar-refractivity contribution >= 4 is 17.6 Å². The lowest BCUT2D eigenvalue weighted by atomic mass is 9.66. The fraction of sp³-hybridized carbons (Fsp3) is 0.333. The SMILES string of the molecule is COc1ccc(C(=O)O[C@H]2c3cc4c(cc3[C@@H](c3cc(OC)c(OC)c(OC)c3)[C@H]3C(=O)OC[C@@H]32)OCO4)c([N+](=O)[O-])c1. The summed E-state index contributed by atoms with van der Waals surface area (Å²) in [7, 11) is 5.85. The maximum absolute atomic E-state index is 13.5. The van der Waals surface area contributed by atoms with Crippen LogP contribution in [-0.2, 0) is 14.3 Å². The predicted molar refractivity (Wildman–Crippen MR) is 146 cm³/mol. The van der Waals surface area contributed by atoms with E-state index in [4.69, 9.17) is 37.9 Å². The smallest absolute Gasteiger partial charge is 0.345 e. The molecule has 3 aromatic carbocycles. The largest absolute Gasteiger partial charge is 0.497 e. The third kappa shape index (κ3) is 4.57. The number of fused-ring (bicyclic) bond motifs is 3. The van der Waals surface area contributed by atoms with Gasteiger partial charge in [0.15, 0.2) is 23.0 Å². The van der Waals surface area contributed by atoms with Crippen LogP contribution < -0.4 is 28.4 Å². The minimum Gasteiger partial charge on any atom is -0.497 e. The van der Waals surface area contributed by atoms with Crippen molar-refractivity contribution in [2.45, 2.75) is 12.0 Å². The molecular weight excluding hydrogens is 566 g/mol. The lowest BCUT2D eigenvalue weighted by Gasteiger charge is -2.38. The molecule has 0 unspecified atom stereocenters. The van der Waals surface area contributed by atoms with Crippen molar-refractivity contribution in [3.8, 4) is 34.5 Å². The van der Waals surface area contributed by atoms with Crippen molar-refractivity contribution in [3.63, 3.8) is 0 Å². The molecule has 1 saturated heterocycles. The second-order valence-electron chi connectivity index (χ2n) is 10.1. The van der Waals surface area contributed by atoms with Crippen LogP contribution >= 0.6 is 0 Å². The summed E-state index contributed by atoms with van der Waals surface area (Å²) < 4.78 is 44.6. The summed E-state index contributed by atoms with van der Waals surface area (Å²) in [6, 6.07) is 10.8. The Labute approximate surface area is 245 Å². The zero-order valence-electron chi connectivity index (χ0n) is 23.6. The third-order valence-electron chi connectivity index (χ3n) is 8.02. The Kier molecular flexibility index (Phi) is 7.08. The quantitative estimate of drug-likeness (QED) is 0.209. The van der Waals surface area contributed by atoms with Crippen molar-refractivity contribution in [2.75, 3.05) is 41.8 Å². The number of hydrogen-bond acceptors (Lipinski definition) is 12. The molecule has 6 rings (SSSR count). The highest BCUT2D eigenvalue weighted by atomic mass is 16.7. The maximum atomic E-state index is 13.5. The first-order valence-electron chi connectivity index (χ1n) is 13.2. The van der Waals surface area contributed by atoms with Crippen molar-refractivity contribution in [1.29, 1.82) is 0 Å². The van der Waals surface area contributed by atoms with Gasteiger partial charge in [0.1, 0.15) is 17.4 Å². The van der Waals surface area contributed by atoms with Gasteiger partial charge in [-0.05, 0) is 47.5 Å². The summed E-state index contributed by atoms with van der Waals surface area (Å²) in [4.78, 5) is 38.0. The first-order valence-corrected chi connectivity index (χ1v) is 13.2. The highest BCUT2D eigenvalue weighted by Crippen LogP contribution is 2.56. The number of carbonyl (C=O) groups excluding carboxylic acids is 2. The van der Waals surface area contributed by atoms with Gasteiger partial charge in [0.2, 0.25) is 12.5 Å². The molecule has 0 aromatic heterocycles. The van der Waals surface area contributed by atoms with Gasteiger partial charge in [0.05, 0.1) is 52.0 Å². The van der Waals surface area contributed by atoms with Crippen LogP contribution in [0.5, 0.6) is 34.5 Å². The fourth-order valence-electron chi connectivity index (χ4n) is 6.08. The van der Waals surface area contributed by atoms with Crippen molar-refractivity contribution < 1.29 is 52.4 Å². The van der Waals surface area contributed by atoms with E-state index in [1.807, 2.05) is 0 Å². The van der Waals surface area contributed by atoms with Gasteiger partial charge in [-0.3, -0.25) is 14.9 Å². The van der Waals surface area contributed by atoms with Crippen LogP contribution in [-0.4, -0.2) is 58.7 Å². The second kappa shape index (κ2) is 10.9. The number of hydrogen-bond donors (Lipinski definition) is 0. The molecule has 0 saturated carbocycles. The van der Waals surface area contributed by atoms with Crippen LogP contribution in [0, 0.1) is 22.0 Å². The lowest BCUT2D eigenvalue weighted by Crippen LogP contribution is -2.36. The number of cyclic esters (lactones) is 1. The van der Waals surface area contributed by atoms with Gasteiger partial charge in [0.25, 0.3) is 5.69 Å². The van der Waals surface area contributed by atoms with Crippen molar-refractivity contribution in [3.05, 3.63) is 74.8 Å². The molecule has 1 aliphatic carbocycles. The number of esters is 2. The molecule has 13 nitrogen and oxygen atoms in total. The van der Waals surface area contributed by atoms with Crippen molar-refractivity contribution in [1.82, 2.24) is 0 Å². The number of nitrogens with zero attached hydrogens (tertiary/aromatic N) is 1. The number of ether oxygens (including phenoxy) is 8. The summed E-state index contributed by atoms with van der Waals surface area (Å²) in [5.41, 5.74) is 1.10. The summed E-state index contributed by atoms with van der Waals surface area (Å²) in [6.07, 6.45) is -1.01. The summed E-state index contributed by atoms with van der Waals surface area (Å²) in [5.74, 6) is -1.18. The Morgan fingerprint density at radius 3 is 2.16 bits per heavy atom. The Balaban J connectivity index is 1.50. The normalized spacial score (nSPS) is 21.3. The molecule has 3 aromatic rings. The minimum atomic E-state index is -1.01. The maximum Gasteiger partial charge on any atom is 0.345 e. The number of rotatable bonds is 8. The van der Waals surface area contributed by atoms with Crippen LogP contribution in [0.25, 0.3) is 0 Å². The molecule has 1 fully saturated rings. The first-order chi connectivity index (χ1) is 20.8. The molecule has 0 amide bonds. The van der Waals surface area contributed by atoms with E-state index in [2.05, 4.69) is 0 Å². The monoisotopic (exact) mass is 593 g/mol. The number of nitro benzene ring substituents is 1. The molecule has 3 aliphatic rings. The van der Waals surface area contributed by atoms with Gasteiger partial charge in [-0.1, -0.05) is 0 Å². The Bertz CT molecular complexity index is 1610. The van der Waals surface area contributed by atoms with E-state index in [1.54, 1.807) is 24.3 Å². The molecule has 0 N–H and O–H groups in total. The highest BCUT2D eigenvalue weighted by molar-refractivity contribution is 5.94. The summed E-state index contributed by atoms with van der Waals surface area (Å²) in [6.45, 7) is -0.0502. The molecule has 2 heterocycles. The fourth-order valence-corrected chi connectivity index (χ4v) is 6.08. The predicted octanol–water partition coefficient (Wildman–Crippen LogP) is 4.19. The van der Waals surface area contributed by atoms with Gasteiger partial charge in [-0.15, -0.1) is 0 Å². The van der Waals surface area contributed by atoms with Crippen LogP contribution in [0.15, 0.2) is 42.5 Å². The van der Waals surface area contributed by atoms with Gasteiger partial charge in [-0.2, -0.15) is 0 Å². The van der Waals surface area contributed by atoms with E-state index in [0.717, 1.165) is 6.07 Å². The molecular formula is C30H27NO12. The molecule has 4 atom stereocenters. The number of carbonyl (C=O) groups is 2. The van der Waals surface area contributed by atoms with Gasteiger partial charge >= 0.3 is 11.9 Å². The van der Waals surface area contributed by atoms with E-state index < -0.39 is 46.4 Å². The average Bonchev–Trinajstić information content (AvgIpc) is 3.64. The first kappa shape index (κ1) is 27.9. The van der Waals surface area contributed by atoms with Crippen molar-refractivity contribution in [2.24, 2.45) is 11.8 Å². The van der Waals surface area contributed by atoms with Crippen LogP contribution in [0.2, 0.25) is 0 Å². The molecule has 2 aliphatic heterocycles. The number of benzene rings is 3. The highest BCUT2D eigenvalue weighted by Gasteiger charge is 2.54. The zero-order valence-corrected chi connectivity index (χ0v) is 23.6. The van der Waals surface area contributed by atoms with E-state index in [-0.39, 0.29) is 24.7 Å². The Morgan fingerprint density at radius 1 is 0.884 bits per heavy atom. The number of methoxy groups -OCH3 is 4. The van der Waals surface area contributed by atoms with Gasteiger partial charge in [0, 0.05) is 17.4 Å². The Morgan fingerprint density at radius 2 is 1.56 bits per heavy atom. The van der Waals surface area contributed by atoms with Crippen LogP contribution in [0.3, 0.4) is 0 Å². The third-order valence-corrected chi connectivity index (χ3v) is 8.02. The molecule has 0 radical (unpaired) electrons. The topological polar surface area (TPSA) is 151 Å². The van der Waals surface area contributed by atoms with Gasteiger partial charge in [-0.25, -0.2) is 4.79 Å². The summed E-state index contributed by atoms with van der Waals surface area (Å²) >= 11 is 0. The van der Waals surface area contributed by atoms with E-state index in [0.29, 0.717) is 45.4 Å². The lowest BCUT2D eigenvalue weighted by molar-refractivity contribution is -0.385. The van der Waals surface area contributed by atoms with E-state index >= 15 is 0 Å². The molecule has 13 heteroatoms. The van der Waals surface area contributed by atoms with E-state index in [1.165, 1.54) is 40.6 Å². The molecule has 0 spiro atoms. The molecule has 224 valence electrons. The van der Waals surface area contributed by atoms with Crippen LogP contribution in [0.4, 0.5) is 5.69 Å². The molecule has 0 bridgehead atoms. The Hall–Kier alpha value is -5.20. The number of nitro groups is 1. The van der Waals surface area contributed by atoms with Gasteiger partial charge < -0.3 is 37.9 Å². The zero-order chi connectivity index (χ0) is 30.4. The van der Waals surface area contributed by atoms with E-state index in [9.17, 15) is 19.7 Å². The summed E-state index contributed by atoms with van der Waals surface area (Å²) in [5, 5.41) is 11.8. The minimum absolute atomic E-state index is 0.00945. The standard InChI is InChI=1S/C30H27NO12/c1-36-15-5-6-16(20(9-15)31(34)35)29(32)43-27-18-11-22-21(41-13-42-22)10-17(18)25(26-19(27)12-40-30(26)33)14-7-23(37-2)28(39-4)24(8-14)38-3/h5-11,19,25-27H,12-13H2,1-4H3/t19-,25+,26-,27-/m0/s1. The average molecular weight is 594 g/mol. The second-order valence-corrected chi connectivity index (χ2v) is 10.1.